The minimum Gasteiger partial charge on any atom is -0.478 e. The van der Waals surface area contributed by atoms with Crippen molar-refractivity contribution in [2.45, 2.75) is 33.1 Å². The molecular weight excluding hydrogens is 256 g/mol. The normalized spacial score (nSPS) is 11.2. The van der Waals surface area contributed by atoms with Gasteiger partial charge in [-0.1, -0.05) is 26.7 Å². The highest BCUT2D eigenvalue weighted by atomic mass is 16.4. The number of anilines is 1. The van der Waals surface area contributed by atoms with Crippen molar-refractivity contribution < 1.29 is 14.3 Å². The SMILES string of the molecule is CC(C)CCCCNc1nc2ccc(C(=O)O)cc2o1. The van der Waals surface area contributed by atoms with Crippen molar-refractivity contribution in [2.75, 3.05) is 11.9 Å². The Bertz CT molecular complexity index is 590. The van der Waals surface area contributed by atoms with Gasteiger partial charge in [-0.2, -0.15) is 4.98 Å². The number of unbranched alkanes of at least 4 members (excludes halogenated alkanes) is 1. The molecule has 0 aliphatic heterocycles. The van der Waals surface area contributed by atoms with E-state index < -0.39 is 5.97 Å². The Morgan fingerprint density at radius 1 is 1.40 bits per heavy atom. The van der Waals surface area contributed by atoms with Crippen LogP contribution in [-0.4, -0.2) is 22.6 Å². The molecule has 0 radical (unpaired) electrons. The standard InChI is InChI=1S/C15H20N2O3/c1-10(2)5-3-4-8-16-15-17-12-7-6-11(14(18)19)9-13(12)20-15/h6-7,9-10H,3-5,8H2,1-2H3,(H,16,17)(H,18,19). The van der Waals surface area contributed by atoms with Crippen LogP contribution in [-0.2, 0) is 0 Å². The molecule has 2 N–H and O–H groups in total. The molecule has 0 aliphatic rings. The third kappa shape index (κ3) is 3.73. The lowest BCUT2D eigenvalue weighted by atomic mass is 10.1. The number of benzene rings is 1. The van der Waals surface area contributed by atoms with Gasteiger partial charge in [0.1, 0.15) is 5.52 Å². The molecule has 2 aromatic rings. The molecule has 20 heavy (non-hydrogen) atoms. The van der Waals surface area contributed by atoms with Gasteiger partial charge in [-0.25, -0.2) is 4.79 Å². The van der Waals surface area contributed by atoms with Gasteiger partial charge in [-0.05, 0) is 30.5 Å². The van der Waals surface area contributed by atoms with Crippen molar-refractivity contribution >= 4 is 23.1 Å². The first-order chi connectivity index (χ1) is 9.56. The van der Waals surface area contributed by atoms with Crippen molar-refractivity contribution in [3.8, 4) is 0 Å². The second-order valence-electron chi connectivity index (χ2n) is 5.32. The molecule has 1 aromatic heterocycles. The maximum Gasteiger partial charge on any atom is 0.335 e. The third-order valence-corrected chi connectivity index (χ3v) is 3.12. The molecule has 2 rings (SSSR count). The van der Waals surface area contributed by atoms with E-state index >= 15 is 0 Å². The molecule has 0 fully saturated rings. The number of aromatic nitrogens is 1. The summed E-state index contributed by atoms with van der Waals surface area (Å²) in [5.74, 6) is -0.236. The van der Waals surface area contributed by atoms with Gasteiger partial charge in [0, 0.05) is 6.54 Å². The van der Waals surface area contributed by atoms with E-state index in [1.165, 1.54) is 25.0 Å². The molecular formula is C15H20N2O3. The fourth-order valence-electron chi connectivity index (χ4n) is 2.01. The van der Waals surface area contributed by atoms with Crippen LogP contribution in [0.5, 0.6) is 0 Å². The molecule has 0 saturated heterocycles. The zero-order chi connectivity index (χ0) is 14.5. The summed E-state index contributed by atoms with van der Waals surface area (Å²) in [6.07, 6.45) is 3.46. The molecule has 5 nitrogen and oxygen atoms in total. The Balaban J connectivity index is 1.93. The Morgan fingerprint density at radius 3 is 2.90 bits per heavy atom. The van der Waals surface area contributed by atoms with Crippen LogP contribution in [0, 0.1) is 5.92 Å². The first-order valence-electron chi connectivity index (χ1n) is 6.94. The smallest absolute Gasteiger partial charge is 0.335 e. The molecule has 0 bridgehead atoms. The Hall–Kier alpha value is -2.04. The van der Waals surface area contributed by atoms with Crippen LogP contribution in [0.2, 0.25) is 0 Å². The average Bonchev–Trinajstić information content (AvgIpc) is 2.79. The number of rotatable bonds is 7. The summed E-state index contributed by atoms with van der Waals surface area (Å²) in [6, 6.07) is 5.13. The number of nitrogens with zero attached hydrogens (tertiary/aromatic N) is 1. The number of carboxylic acids is 1. The van der Waals surface area contributed by atoms with Crippen LogP contribution in [0.25, 0.3) is 11.1 Å². The summed E-state index contributed by atoms with van der Waals surface area (Å²) in [6.45, 7) is 5.24. The highest BCUT2D eigenvalue weighted by Gasteiger charge is 2.09. The minimum atomic E-state index is -0.966. The number of oxazole rings is 1. The van der Waals surface area contributed by atoms with Crippen molar-refractivity contribution in [1.82, 2.24) is 4.98 Å². The minimum absolute atomic E-state index is 0.206. The molecule has 0 amide bonds. The number of hydrogen-bond acceptors (Lipinski definition) is 4. The summed E-state index contributed by atoms with van der Waals surface area (Å²) < 4.78 is 5.50. The van der Waals surface area contributed by atoms with Crippen molar-refractivity contribution in [2.24, 2.45) is 5.92 Å². The highest BCUT2D eigenvalue weighted by molar-refractivity contribution is 5.92. The fourth-order valence-corrected chi connectivity index (χ4v) is 2.01. The predicted octanol–water partition coefficient (Wildman–Crippen LogP) is 3.76. The Kier molecular flexibility index (Phi) is 4.61. The highest BCUT2D eigenvalue weighted by Crippen LogP contribution is 2.20. The predicted molar refractivity (Wildman–Crippen MR) is 78.1 cm³/mol. The lowest BCUT2D eigenvalue weighted by molar-refractivity contribution is 0.0697. The zero-order valence-corrected chi connectivity index (χ0v) is 11.8. The molecule has 5 heteroatoms. The van der Waals surface area contributed by atoms with Gasteiger partial charge in [-0.15, -0.1) is 0 Å². The number of fused-ring (bicyclic) bond motifs is 1. The summed E-state index contributed by atoms with van der Waals surface area (Å²) in [5.41, 5.74) is 1.37. The number of nitrogens with one attached hydrogen (secondary N) is 1. The van der Waals surface area contributed by atoms with E-state index in [2.05, 4.69) is 24.1 Å². The third-order valence-electron chi connectivity index (χ3n) is 3.12. The lowest BCUT2D eigenvalue weighted by Crippen LogP contribution is -2.02. The summed E-state index contributed by atoms with van der Waals surface area (Å²) >= 11 is 0. The molecule has 0 atom stereocenters. The average molecular weight is 276 g/mol. The van der Waals surface area contributed by atoms with Crippen LogP contribution in [0.4, 0.5) is 6.01 Å². The van der Waals surface area contributed by atoms with E-state index in [1.54, 1.807) is 6.07 Å². The second-order valence-corrected chi connectivity index (χ2v) is 5.32. The quantitative estimate of drug-likeness (QED) is 0.753. The van der Waals surface area contributed by atoms with Crippen LogP contribution < -0.4 is 5.32 Å². The van der Waals surface area contributed by atoms with Crippen LogP contribution in [0.15, 0.2) is 22.6 Å². The molecule has 1 aromatic carbocycles. The first kappa shape index (κ1) is 14.4. The van der Waals surface area contributed by atoms with E-state index in [9.17, 15) is 4.79 Å². The maximum atomic E-state index is 10.9. The van der Waals surface area contributed by atoms with E-state index in [4.69, 9.17) is 9.52 Å². The van der Waals surface area contributed by atoms with Crippen molar-refractivity contribution in [3.63, 3.8) is 0 Å². The van der Waals surface area contributed by atoms with Gasteiger partial charge in [0.2, 0.25) is 0 Å². The van der Waals surface area contributed by atoms with Gasteiger partial charge in [0.25, 0.3) is 6.01 Å². The van der Waals surface area contributed by atoms with E-state index in [1.807, 2.05) is 0 Å². The van der Waals surface area contributed by atoms with Crippen molar-refractivity contribution in [1.29, 1.82) is 0 Å². The van der Waals surface area contributed by atoms with Gasteiger partial charge in [0.15, 0.2) is 5.58 Å². The first-order valence-corrected chi connectivity index (χ1v) is 6.94. The fraction of sp³-hybridized carbons (Fsp3) is 0.467. The Labute approximate surface area is 118 Å². The molecule has 0 saturated carbocycles. The van der Waals surface area contributed by atoms with E-state index in [0.29, 0.717) is 17.1 Å². The topological polar surface area (TPSA) is 75.4 Å². The number of aromatic carboxylic acids is 1. The summed E-state index contributed by atoms with van der Waals surface area (Å²) in [7, 11) is 0. The van der Waals surface area contributed by atoms with Gasteiger partial charge >= 0.3 is 5.97 Å². The number of carbonyl (C=O) groups is 1. The monoisotopic (exact) mass is 276 g/mol. The maximum absolute atomic E-state index is 10.9. The number of carboxylic acid groups (broad SMARTS) is 1. The second kappa shape index (κ2) is 6.41. The Morgan fingerprint density at radius 2 is 2.20 bits per heavy atom. The van der Waals surface area contributed by atoms with Gasteiger partial charge in [-0.3, -0.25) is 0 Å². The molecule has 0 aliphatic carbocycles. The zero-order valence-electron chi connectivity index (χ0n) is 11.8. The largest absolute Gasteiger partial charge is 0.478 e. The summed E-state index contributed by atoms with van der Waals surface area (Å²) in [4.78, 5) is 15.1. The van der Waals surface area contributed by atoms with E-state index in [0.717, 1.165) is 18.9 Å². The van der Waals surface area contributed by atoms with Gasteiger partial charge < -0.3 is 14.8 Å². The lowest BCUT2D eigenvalue weighted by Gasteiger charge is -2.04. The van der Waals surface area contributed by atoms with Crippen LogP contribution >= 0.6 is 0 Å². The van der Waals surface area contributed by atoms with Gasteiger partial charge in [0.05, 0.1) is 5.56 Å². The van der Waals surface area contributed by atoms with Crippen LogP contribution in [0.1, 0.15) is 43.5 Å². The molecule has 108 valence electrons. The van der Waals surface area contributed by atoms with Crippen LogP contribution in [0.3, 0.4) is 0 Å². The number of hydrogen-bond donors (Lipinski definition) is 2. The van der Waals surface area contributed by atoms with E-state index in [-0.39, 0.29) is 5.56 Å². The summed E-state index contributed by atoms with van der Waals surface area (Å²) in [5, 5.41) is 12.0. The molecule has 1 heterocycles. The molecule has 0 unspecified atom stereocenters. The molecule has 0 spiro atoms. The van der Waals surface area contributed by atoms with Crippen molar-refractivity contribution in [3.05, 3.63) is 23.8 Å².